The van der Waals surface area contributed by atoms with Crippen LogP contribution in [-0.4, -0.2) is 32.6 Å². The second-order valence-corrected chi connectivity index (χ2v) is 8.62. The van der Waals surface area contributed by atoms with E-state index in [1.54, 1.807) is 23.6 Å². The SMILES string of the molecule is NC(=O)COc1ccc(S(=O)(=O)NC[C@@](O)(c2ccoc2)c2cccs2)cc1. The van der Waals surface area contributed by atoms with Crippen molar-refractivity contribution in [3.63, 3.8) is 0 Å². The van der Waals surface area contributed by atoms with Gasteiger partial charge in [0.1, 0.15) is 11.4 Å². The van der Waals surface area contributed by atoms with Crippen molar-refractivity contribution in [2.75, 3.05) is 13.2 Å². The van der Waals surface area contributed by atoms with Crippen molar-refractivity contribution in [2.24, 2.45) is 5.73 Å². The number of hydrogen-bond donors (Lipinski definition) is 3. The minimum absolute atomic E-state index is 0.0142. The summed E-state index contributed by atoms with van der Waals surface area (Å²) in [6.07, 6.45) is 2.78. The van der Waals surface area contributed by atoms with Crippen molar-refractivity contribution in [2.45, 2.75) is 10.5 Å². The molecule has 0 bridgehead atoms. The summed E-state index contributed by atoms with van der Waals surface area (Å²) in [6, 6.07) is 10.6. The van der Waals surface area contributed by atoms with Gasteiger partial charge in [-0.1, -0.05) is 6.07 Å². The van der Waals surface area contributed by atoms with E-state index in [0.717, 1.165) is 0 Å². The molecule has 0 fully saturated rings. The highest BCUT2D eigenvalue weighted by Crippen LogP contribution is 2.33. The van der Waals surface area contributed by atoms with Crippen molar-refractivity contribution in [3.8, 4) is 5.75 Å². The number of nitrogens with one attached hydrogen (secondary N) is 1. The summed E-state index contributed by atoms with van der Waals surface area (Å²) in [5.41, 5.74) is 3.87. The maximum atomic E-state index is 12.6. The van der Waals surface area contributed by atoms with E-state index in [9.17, 15) is 18.3 Å². The highest BCUT2D eigenvalue weighted by molar-refractivity contribution is 7.89. The average molecular weight is 422 g/mol. The highest BCUT2D eigenvalue weighted by atomic mass is 32.2. The fourth-order valence-corrected chi connectivity index (χ4v) is 4.40. The lowest BCUT2D eigenvalue weighted by atomic mass is 9.95. The van der Waals surface area contributed by atoms with Gasteiger partial charge in [0.2, 0.25) is 10.0 Å². The van der Waals surface area contributed by atoms with Crippen molar-refractivity contribution in [1.82, 2.24) is 4.72 Å². The van der Waals surface area contributed by atoms with E-state index in [2.05, 4.69) is 4.72 Å². The van der Waals surface area contributed by atoms with Gasteiger partial charge in [0.25, 0.3) is 5.91 Å². The van der Waals surface area contributed by atoms with Crippen LogP contribution in [0, 0.1) is 0 Å². The standard InChI is InChI=1S/C18H18N2O6S2/c19-17(21)11-26-14-3-5-15(6-4-14)28(23,24)20-12-18(22,13-7-8-25-10-13)16-2-1-9-27-16/h1-10,20,22H,11-12H2,(H2,19,21)/t18-/m1/s1. The Morgan fingerprint density at radius 1 is 1.25 bits per heavy atom. The fraction of sp³-hybridized carbons (Fsp3) is 0.167. The molecule has 28 heavy (non-hydrogen) atoms. The molecule has 0 saturated carbocycles. The first-order chi connectivity index (χ1) is 13.3. The molecule has 1 aromatic carbocycles. The average Bonchev–Trinajstić information content (AvgIpc) is 3.39. The maximum Gasteiger partial charge on any atom is 0.255 e. The van der Waals surface area contributed by atoms with Crippen molar-refractivity contribution in [3.05, 3.63) is 70.8 Å². The van der Waals surface area contributed by atoms with Gasteiger partial charge in [-0.3, -0.25) is 4.79 Å². The number of benzene rings is 1. The lowest BCUT2D eigenvalue weighted by molar-refractivity contribution is -0.119. The Morgan fingerprint density at radius 3 is 2.57 bits per heavy atom. The smallest absolute Gasteiger partial charge is 0.255 e. The van der Waals surface area contributed by atoms with Crippen LogP contribution in [0.4, 0.5) is 0 Å². The zero-order valence-corrected chi connectivity index (χ0v) is 16.2. The lowest BCUT2D eigenvalue weighted by Crippen LogP contribution is -2.40. The molecule has 4 N–H and O–H groups in total. The van der Waals surface area contributed by atoms with Crippen LogP contribution in [0.2, 0.25) is 0 Å². The van der Waals surface area contributed by atoms with E-state index in [4.69, 9.17) is 14.9 Å². The number of aliphatic hydroxyl groups is 1. The van der Waals surface area contributed by atoms with Crippen LogP contribution in [0.25, 0.3) is 0 Å². The zero-order valence-electron chi connectivity index (χ0n) is 14.6. The first kappa shape index (κ1) is 20.1. The minimum atomic E-state index is -3.91. The van der Waals surface area contributed by atoms with Gasteiger partial charge in [-0.2, -0.15) is 0 Å². The van der Waals surface area contributed by atoms with E-state index >= 15 is 0 Å². The molecule has 148 valence electrons. The number of carbonyl (C=O) groups excluding carboxylic acids is 1. The topological polar surface area (TPSA) is 132 Å². The molecular weight excluding hydrogens is 404 g/mol. The van der Waals surface area contributed by atoms with Crippen LogP contribution in [0.1, 0.15) is 10.4 Å². The van der Waals surface area contributed by atoms with Crippen molar-refractivity contribution >= 4 is 27.3 Å². The molecule has 3 aromatic rings. The zero-order chi connectivity index (χ0) is 20.2. The highest BCUT2D eigenvalue weighted by Gasteiger charge is 2.35. The van der Waals surface area contributed by atoms with Gasteiger partial charge in [-0.05, 0) is 41.8 Å². The Morgan fingerprint density at radius 2 is 2.00 bits per heavy atom. The third-order valence-electron chi connectivity index (χ3n) is 3.96. The second kappa shape index (κ2) is 8.15. The largest absolute Gasteiger partial charge is 0.484 e. The van der Waals surface area contributed by atoms with E-state index in [0.29, 0.717) is 16.2 Å². The van der Waals surface area contributed by atoms with Gasteiger partial charge in [0, 0.05) is 17.0 Å². The Hall–Kier alpha value is -2.66. The Balaban J connectivity index is 1.77. The summed E-state index contributed by atoms with van der Waals surface area (Å²) in [5, 5.41) is 13.0. The van der Waals surface area contributed by atoms with E-state index in [-0.39, 0.29) is 18.0 Å². The number of amides is 1. The molecule has 10 heteroatoms. The number of nitrogens with two attached hydrogens (primary N) is 1. The normalized spacial score (nSPS) is 13.8. The predicted molar refractivity (Wildman–Crippen MR) is 102 cm³/mol. The molecule has 0 aliphatic carbocycles. The van der Waals surface area contributed by atoms with Crippen LogP contribution >= 0.6 is 11.3 Å². The van der Waals surface area contributed by atoms with Crippen molar-refractivity contribution in [1.29, 1.82) is 0 Å². The number of sulfonamides is 1. The molecule has 0 spiro atoms. The van der Waals surface area contributed by atoms with Crippen LogP contribution in [-0.2, 0) is 20.4 Å². The molecule has 0 unspecified atom stereocenters. The van der Waals surface area contributed by atoms with Gasteiger partial charge in [0.05, 0.1) is 17.4 Å². The van der Waals surface area contributed by atoms with Crippen LogP contribution in [0.15, 0.2) is 69.7 Å². The third kappa shape index (κ3) is 4.42. The van der Waals surface area contributed by atoms with Gasteiger partial charge in [-0.15, -0.1) is 11.3 Å². The first-order valence-corrected chi connectivity index (χ1v) is 10.5. The number of carbonyl (C=O) groups is 1. The molecule has 2 heterocycles. The summed E-state index contributed by atoms with van der Waals surface area (Å²) >= 11 is 1.30. The Bertz CT molecular complexity index is 978. The maximum absolute atomic E-state index is 12.6. The molecule has 0 aliphatic rings. The van der Waals surface area contributed by atoms with Gasteiger partial charge >= 0.3 is 0 Å². The number of furan rings is 1. The Labute approximate surface area is 165 Å². The summed E-state index contributed by atoms with van der Waals surface area (Å²) in [5.74, 6) is -0.322. The molecule has 3 rings (SSSR count). The molecule has 8 nitrogen and oxygen atoms in total. The molecule has 0 aliphatic heterocycles. The number of rotatable bonds is 9. The molecule has 0 saturated heterocycles. The molecule has 1 atom stereocenters. The quantitative estimate of drug-likeness (QED) is 0.478. The number of hydrogen-bond acceptors (Lipinski definition) is 7. The van der Waals surface area contributed by atoms with Crippen LogP contribution in [0.3, 0.4) is 0 Å². The van der Waals surface area contributed by atoms with Crippen LogP contribution < -0.4 is 15.2 Å². The molecular formula is C18H18N2O6S2. The monoisotopic (exact) mass is 422 g/mol. The second-order valence-electron chi connectivity index (χ2n) is 5.90. The fourth-order valence-electron chi connectivity index (χ4n) is 2.50. The van der Waals surface area contributed by atoms with Crippen LogP contribution in [0.5, 0.6) is 5.75 Å². The predicted octanol–water partition coefficient (Wildman–Crippen LogP) is 1.42. The summed E-state index contributed by atoms with van der Waals surface area (Å²) in [7, 11) is -3.91. The van der Waals surface area contributed by atoms with E-state index in [1.807, 2.05) is 0 Å². The van der Waals surface area contributed by atoms with Gasteiger partial charge in [-0.25, -0.2) is 13.1 Å². The van der Waals surface area contributed by atoms with E-state index in [1.165, 1.54) is 48.1 Å². The molecule has 0 radical (unpaired) electrons. The van der Waals surface area contributed by atoms with E-state index < -0.39 is 21.5 Å². The number of primary amides is 1. The van der Waals surface area contributed by atoms with Gasteiger partial charge < -0.3 is 20.0 Å². The summed E-state index contributed by atoms with van der Waals surface area (Å²) < 4.78 is 37.9. The third-order valence-corrected chi connectivity index (χ3v) is 6.40. The Kier molecular flexibility index (Phi) is 5.84. The minimum Gasteiger partial charge on any atom is -0.484 e. The van der Waals surface area contributed by atoms with Crippen molar-refractivity contribution < 1.29 is 27.5 Å². The summed E-state index contributed by atoms with van der Waals surface area (Å²) in [6.45, 7) is -0.585. The number of ether oxygens (including phenoxy) is 1. The summed E-state index contributed by atoms with van der Waals surface area (Å²) in [4.78, 5) is 11.3. The van der Waals surface area contributed by atoms with Gasteiger partial charge in [0.15, 0.2) is 6.61 Å². The molecule has 1 amide bonds. The number of thiophene rings is 1. The molecule has 2 aromatic heterocycles. The lowest BCUT2D eigenvalue weighted by Gasteiger charge is -2.26. The first-order valence-electron chi connectivity index (χ1n) is 8.11.